The molecule has 1 aliphatic rings. The van der Waals surface area contributed by atoms with Crippen molar-refractivity contribution in [3.63, 3.8) is 0 Å². The molecule has 6 nitrogen and oxygen atoms in total. The topological polar surface area (TPSA) is 71.9 Å². The van der Waals surface area contributed by atoms with Crippen molar-refractivity contribution in [1.82, 2.24) is 9.88 Å². The fourth-order valence-corrected chi connectivity index (χ4v) is 3.55. The van der Waals surface area contributed by atoms with E-state index in [0.717, 1.165) is 24.2 Å². The molecule has 2 heterocycles. The Labute approximate surface area is 169 Å². The van der Waals surface area contributed by atoms with Crippen LogP contribution in [-0.2, 0) is 0 Å². The number of carbonyl (C=O) groups excluding carboxylic acids is 1. The minimum Gasteiger partial charge on any atom is -0.508 e. The number of hydrogen-bond acceptors (Lipinski definition) is 5. The number of carbonyl (C=O) groups is 1. The maximum absolute atomic E-state index is 13.0. The van der Waals surface area contributed by atoms with E-state index in [0.29, 0.717) is 23.7 Å². The van der Waals surface area contributed by atoms with Crippen LogP contribution < -0.4 is 9.47 Å². The quantitative estimate of drug-likeness (QED) is 0.691. The van der Waals surface area contributed by atoms with Crippen LogP contribution in [0.2, 0.25) is 0 Å². The third kappa shape index (κ3) is 4.16. The van der Waals surface area contributed by atoms with Crippen LogP contribution in [0.1, 0.15) is 34.9 Å². The number of hydrogen-bond donors (Lipinski definition) is 1. The normalized spacial score (nSPS) is 15.9. The first-order valence-corrected chi connectivity index (χ1v) is 9.52. The van der Waals surface area contributed by atoms with Crippen LogP contribution in [0.25, 0.3) is 0 Å². The van der Waals surface area contributed by atoms with Gasteiger partial charge in [-0.1, -0.05) is 12.1 Å². The number of aromatic nitrogens is 1. The molecule has 0 aliphatic carbocycles. The Balaban J connectivity index is 1.46. The van der Waals surface area contributed by atoms with E-state index in [-0.39, 0.29) is 17.7 Å². The third-order valence-corrected chi connectivity index (χ3v) is 5.04. The van der Waals surface area contributed by atoms with E-state index in [4.69, 9.17) is 9.47 Å². The number of phenolic OH excluding ortho intramolecular Hbond substituents is 1. The summed E-state index contributed by atoms with van der Waals surface area (Å²) in [7, 11) is 1.61. The first kappa shape index (κ1) is 18.8. The van der Waals surface area contributed by atoms with E-state index >= 15 is 0 Å². The Morgan fingerprint density at radius 1 is 1.00 bits per heavy atom. The van der Waals surface area contributed by atoms with Gasteiger partial charge in [0.1, 0.15) is 28.7 Å². The second kappa shape index (κ2) is 8.22. The van der Waals surface area contributed by atoms with Gasteiger partial charge in [-0.25, -0.2) is 4.98 Å². The van der Waals surface area contributed by atoms with Crippen molar-refractivity contribution >= 4 is 5.91 Å². The molecule has 2 aromatic carbocycles. The maximum atomic E-state index is 13.0. The minimum atomic E-state index is -0.100. The van der Waals surface area contributed by atoms with Gasteiger partial charge in [-0.15, -0.1) is 0 Å². The van der Waals surface area contributed by atoms with Crippen LogP contribution >= 0.6 is 0 Å². The van der Waals surface area contributed by atoms with Gasteiger partial charge in [-0.3, -0.25) is 4.79 Å². The SMILES string of the molecule is COc1ccc(Oc2ccc(C(=O)N3CCCC3c3ccc(O)cc3)nc2)cc1. The molecular formula is C23H22N2O4. The molecule has 1 unspecified atom stereocenters. The number of pyridine rings is 1. The first-order chi connectivity index (χ1) is 14.1. The number of methoxy groups -OCH3 is 1. The maximum Gasteiger partial charge on any atom is 0.272 e. The van der Waals surface area contributed by atoms with Crippen molar-refractivity contribution in [1.29, 1.82) is 0 Å². The molecule has 0 spiro atoms. The van der Waals surface area contributed by atoms with Gasteiger partial charge < -0.3 is 19.5 Å². The zero-order valence-electron chi connectivity index (χ0n) is 16.1. The molecule has 29 heavy (non-hydrogen) atoms. The number of likely N-dealkylation sites (tertiary alicyclic amines) is 1. The highest BCUT2D eigenvalue weighted by Gasteiger charge is 2.31. The number of ether oxygens (including phenoxy) is 2. The smallest absolute Gasteiger partial charge is 0.272 e. The van der Waals surface area contributed by atoms with Gasteiger partial charge >= 0.3 is 0 Å². The summed E-state index contributed by atoms with van der Waals surface area (Å²) in [4.78, 5) is 19.2. The minimum absolute atomic E-state index is 0.000116. The van der Waals surface area contributed by atoms with Gasteiger partial charge in [-0.2, -0.15) is 0 Å². The van der Waals surface area contributed by atoms with E-state index in [1.54, 1.807) is 37.6 Å². The fourth-order valence-electron chi connectivity index (χ4n) is 3.55. The van der Waals surface area contributed by atoms with Crippen LogP contribution in [0.15, 0.2) is 66.9 Å². The molecule has 6 heteroatoms. The van der Waals surface area contributed by atoms with Crippen molar-refractivity contribution in [2.45, 2.75) is 18.9 Å². The summed E-state index contributed by atoms with van der Waals surface area (Å²) in [5, 5.41) is 9.50. The van der Waals surface area contributed by atoms with Crippen molar-refractivity contribution in [3.05, 3.63) is 78.1 Å². The molecule has 3 aromatic rings. The monoisotopic (exact) mass is 390 g/mol. The summed E-state index contributed by atoms with van der Waals surface area (Å²) in [6.07, 6.45) is 3.40. The molecule has 0 radical (unpaired) electrons. The molecular weight excluding hydrogens is 368 g/mol. The molecule has 1 N–H and O–H groups in total. The average molecular weight is 390 g/mol. The van der Waals surface area contributed by atoms with E-state index in [2.05, 4.69) is 4.98 Å². The van der Waals surface area contributed by atoms with Gasteiger partial charge in [0.15, 0.2) is 0 Å². The lowest BCUT2D eigenvalue weighted by molar-refractivity contribution is 0.0729. The molecule has 1 amide bonds. The highest BCUT2D eigenvalue weighted by atomic mass is 16.5. The molecule has 1 aliphatic heterocycles. The van der Waals surface area contributed by atoms with Gasteiger partial charge in [-0.05, 0) is 66.9 Å². The number of aromatic hydroxyl groups is 1. The van der Waals surface area contributed by atoms with Gasteiger partial charge in [0.25, 0.3) is 5.91 Å². The Kier molecular flexibility index (Phi) is 5.33. The third-order valence-electron chi connectivity index (χ3n) is 5.04. The second-order valence-electron chi connectivity index (χ2n) is 6.90. The van der Waals surface area contributed by atoms with Crippen LogP contribution in [0, 0.1) is 0 Å². The number of rotatable bonds is 5. The Hall–Kier alpha value is -3.54. The standard InChI is InChI=1S/C23H22N2O4/c1-28-18-8-10-19(11-9-18)29-20-12-13-21(24-15-20)23(27)25-14-2-3-22(25)16-4-6-17(26)7-5-16/h4-13,15,22,26H,2-3,14H2,1H3. The summed E-state index contributed by atoms with van der Waals surface area (Å²) in [6, 6.07) is 17.7. The van der Waals surface area contributed by atoms with Crippen molar-refractivity contribution in [3.8, 4) is 23.0 Å². The lowest BCUT2D eigenvalue weighted by atomic mass is 10.0. The Morgan fingerprint density at radius 3 is 2.34 bits per heavy atom. The molecule has 0 saturated carbocycles. The highest BCUT2D eigenvalue weighted by molar-refractivity contribution is 5.92. The zero-order chi connectivity index (χ0) is 20.2. The van der Waals surface area contributed by atoms with Crippen LogP contribution in [0.4, 0.5) is 0 Å². The van der Waals surface area contributed by atoms with E-state index in [1.807, 2.05) is 41.3 Å². The van der Waals surface area contributed by atoms with Gasteiger partial charge in [0, 0.05) is 6.54 Å². The summed E-state index contributed by atoms with van der Waals surface area (Å²) >= 11 is 0. The van der Waals surface area contributed by atoms with Crippen molar-refractivity contribution in [2.75, 3.05) is 13.7 Å². The predicted octanol–water partition coefficient (Wildman–Crippen LogP) is 4.57. The van der Waals surface area contributed by atoms with Crippen molar-refractivity contribution in [2.24, 2.45) is 0 Å². The van der Waals surface area contributed by atoms with E-state index < -0.39 is 0 Å². The number of amides is 1. The van der Waals surface area contributed by atoms with Crippen LogP contribution in [0.5, 0.6) is 23.0 Å². The summed E-state index contributed by atoms with van der Waals surface area (Å²) in [5.74, 6) is 2.10. The van der Waals surface area contributed by atoms with Crippen LogP contribution in [-0.4, -0.2) is 34.6 Å². The lowest BCUT2D eigenvalue weighted by Gasteiger charge is -2.25. The number of nitrogens with zero attached hydrogens (tertiary/aromatic N) is 2. The highest BCUT2D eigenvalue weighted by Crippen LogP contribution is 2.33. The average Bonchev–Trinajstić information content (AvgIpc) is 3.25. The Morgan fingerprint density at radius 2 is 1.69 bits per heavy atom. The summed E-state index contributed by atoms with van der Waals surface area (Å²) in [6.45, 7) is 0.691. The van der Waals surface area contributed by atoms with Gasteiger partial charge in [0.05, 0.1) is 19.3 Å². The molecule has 1 saturated heterocycles. The van der Waals surface area contributed by atoms with Crippen LogP contribution in [0.3, 0.4) is 0 Å². The molecule has 0 bridgehead atoms. The van der Waals surface area contributed by atoms with E-state index in [1.165, 1.54) is 0 Å². The summed E-state index contributed by atoms with van der Waals surface area (Å²) < 4.78 is 10.9. The Bertz CT molecular complexity index is 969. The number of benzene rings is 2. The number of phenols is 1. The zero-order valence-corrected chi connectivity index (χ0v) is 16.1. The lowest BCUT2D eigenvalue weighted by Crippen LogP contribution is -2.31. The predicted molar refractivity (Wildman–Crippen MR) is 108 cm³/mol. The first-order valence-electron chi connectivity index (χ1n) is 9.52. The fraction of sp³-hybridized carbons (Fsp3) is 0.217. The molecule has 1 atom stereocenters. The van der Waals surface area contributed by atoms with E-state index in [9.17, 15) is 9.90 Å². The van der Waals surface area contributed by atoms with Gasteiger partial charge in [0.2, 0.25) is 0 Å². The molecule has 148 valence electrons. The molecule has 1 fully saturated rings. The molecule has 4 rings (SSSR count). The summed E-state index contributed by atoms with van der Waals surface area (Å²) in [5.41, 5.74) is 1.41. The molecule has 1 aromatic heterocycles. The largest absolute Gasteiger partial charge is 0.508 e. The van der Waals surface area contributed by atoms with Crippen molar-refractivity contribution < 1.29 is 19.4 Å². The second-order valence-corrected chi connectivity index (χ2v) is 6.90.